The molecule has 0 bridgehead atoms. The first-order chi connectivity index (χ1) is 14.9. The number of halogens is 3. The number of carbonyl (C=O) groups is 2. The maximum Gasteiger partial charge on any atom is 0.302 e. The highest BCUT2D eigenvalue weighted by Gasteiger charge is 2.60. The van der Waals surface area contributed by atoms with Crippen LogP contribution < -0.4 is 0 Å². The van der Waals surface area contributed by atoms with Crippen molar-refractivity contribution in [3.05, 3.63) is 28.7 Å². The van der Waals surface area contributed by atoms with Crippen LogP contribution in [0.25, 0.3) is 6.08 Å². The van der Waals surface area contributed by atoms with Crippen molar-refractivity contribution in [1.82, 2.24) is 0 Å². The van der Waals surface area contributed by atoms with Crippen molar-refractivity contribution >= 4 is 52.6 Å². The molecule has 1 aromatic rings. The van der Waals surface area contributed by atoms with Gasteiger partial charge in [-0.15, -0.1) is 0 Å². The Hall–Kier alpha value is -0.970. The fourth-order valence-corrected chi connectivity index (χ4v) is 7.94. The SMILES string of the molecule is CC(=O)O[C@H]1CC[C@H]2[C@@H]3CCC4=Cc5oc(C(=O)C(Cl)(Cl)Cl)cc5C[C@]4(C)[C@H]3CC[C@]12C. The summed E-state index contributed by atoms with van der Waals surface area (Å²) in [7, 11) is 0. The molecular formula is C25H29Cl3O4. The third kappa shape index (κ3) is 3.39. The minimum Gasteiger partial charge on any atom is -0.462 e. The zero-order chi connectivity index (χ0) is 23.1. The molecule has 7 heteroatoms. The van der Waals surface area contributed by atoms with Crippen LogP contribution in [-0.2, 0) is 16.0 Å². The van der Waals surface area contributed by atoms with E-state index in [-0.39, 0.29) is 28.7 Å². The summed E-state index contributed by atoms with van der Waals surface area (Å²) >= 11 is 17.4. The van der Waals surface area contributed by atoms with Gasteiger partial charge in [-0.2, -0.15) is 0 Å². The summed E-state index contributed by atoms with van der Waals surface area (Å²) in [6.07, 6.45) is 9.48. The number of alkyl halides is 3. The minimum atomic E-state index is -2.02. The molecule has 4 nitrogen and oxygen atoms in total. The summed E-state index contributed by atoms with van der Waals surface area (Å²) in [5.41, 5.74) is 2.53. The number of hydrogen-bond donors (Lipinski definition) is 0. The van der Waals surface area contributed by atoms with Crippen LogP contribution in [0, 0.1) is 28.6 Å². The van der Waals surface area contributed by atoms with Crippen molar-refractivity contribution < 1.29 is 18.7 Å². The van der Waals surface area contributed by atoms with Crippen molar-refractivity contribution in [3.8, 4) is 0 Å². The topological polar surface area (TPSA) is 56.5 Å². The Morgan fingerprint density at radius 1 is 1.12 bits per heavy atom. The van der Waals surface area contributed by atoms with Crippen molar-refractivity contribution in [2.75, 3.05) is 0 Å². The van der Waals surface area contributed by atoms with Gasteiger partial charge in [0.05, 0.1) is 0 Å². The van der Waals surface area contributed by atoms with Crippen LogP contribution in [0.1, 0.15) is 81.2 Å². The Balaban J connectivity index is 1.43. The summed E-state index contributed by atoms with van der Waals surface area (Å²) < 4.78 is 9.58. The highest BCUT2D eigenvalue weighted by Crippen LogP contribution is 2.65. The van der Waals surface area contributed by atoms with Crippen LogP contribution in [0.15, 0.2) is 16.1 Å². The molecule has 1 heterocycles. The number of ketones is 1. The Kier molecular flexibility index (Phi) is 5.36. The number of esters is 1. The van der Waals surface area contributed by atoms with Crippen LogP contribution in [0.2, 0.25) is 0 Å². The molecule has 0 unspecified atom stereocenters. The molecule has 174 valence electrons. The molecule has 32 heavy (non-hydrogen) atoms. The van der Waals surface area contributed by atoms with E-state index in [2.05, 4.69) is 19.9 Å². The van der Waals surface area contributed by atoms with E-state index >= 15 is 0 Å². The maximum atomic E-state index is 12.4. The monoisotopic (exact) mass is 498 g/mol. The van der Waals surface area contributed by atoms with E-state index in [0.29, 0.717) is 17.8 Å². The number of fused-ring (bicyclic) bond motifs is 6. The van der Waals surface area contributed by atoms with Gasteiger partial charge in [0, 0.05) is 12.3 Å². The van der Waals surface area contributed by atoms with Gasteiger partial charge in [-0.25, -0.2) is 0 Å². The molecule has 4 aliphatic carbocycles. The molecule has 3 saturated carbocycles. The fourth-order valence-electron chi connectivity index (χ4n) is 7.66. The molecule has 0 N–H and O–H groups in total. The number of rotatable bonds is 2. The Labute approximate surface area is 204 Å². The number of carbonyl (C=O) groups excluding carboxylic acids is 2. The molecule has 0 radical (unpaired) electrons. The van der Waals surface area contributed by atoms with Gasteiger partial charge in [-0.3, -0.25) is 9.59 Å². The highest BCUT2D eigenvalue weighted by molar-refractivity contribution is 6.77. The van der Waals surface area contributed by atoms with Crippen molar-refractivity contribution in [2.45, 2.75) is 75.6 Å². The summed E-state index contributed by atoms with van der Waals surface area (Å²) in [5, 5.41) is 0. The van der Waals surface area contributed by atoms with Gasteiger partial charge in [0.1, 0.15) is 11.9 Å². The van der Waals surface area contributed by atoms with Gasteiger partial charge in [0.2, 0.25) is 5.78 Å². The lowest BCUT2D eigenvalue weighted by molar-refractivity contribution is -0.157. The molecule has 0 spiro atoms. The molecule has 0 aliphatic heterocycles. The first-order valence-corrected chi connectivity index (χ1v) is 12.7. The third-order valence-electron chi connectivity index (χ3n) is 9.14. The molecule has 0 saturated heterocycles. The van der Waals surface area contributed by atoms with E-state index in [9.17, 15) is 9.59 Å². The lowest BCUT2D eigenvalue weighted by Gasteiger charge is -2.57. The molecule has 3 fully saturated rings. The van der Waals surface area contributed by atoms with Gasteiger partial charge in [0.25, 0.3) is 3.79 Å². The van der Waals surface area contributed by atoms with E-state index < -0.39 is 9.58 Å². The van der Waals surface area contributed by atoms with Gasteiger partial charge in [0.15, 0.2) is 5.76 Å². The molecule has 0 amide bonds. The van der Waals surface area contributed by atoms with Gasteiger partial charge in [-0.05, 0) is 85.8 Å². The van der Waals surface area contributed by atoms with Crippen LogP contribution in [-0.4, -0.2) is 21.6 Å². The van der Waals surface area contributed by atoms with Crippen LogP contribution in [0.5, 0.6) is 0 Å². The quantitative estimate of drug-likeness (QED) is 0.251. The fraction of sp³-hybridized carbons (Fsp3) is 0.680. The second-order valence-corrected chi connectivity index (χ2v) is 13.0. The molecule has 1 aromatic heterocycles. The average molecular weight is 500 g/mol. The van der Waals surface area contributed by atoms with Gasteiger partial charge >= 0.3 is 5.97 Å². The predicted molar refractivity (Wildman–Crippen MR) is 125 cm³/mol. The first kappa shape index (κ1) is 22.8. The zero-order valence-electron chi connectivity index (χ0n) is 18.7. The van der Waals surface area contributed by atoms with E-state index in [4.69, 9.17) is 44.0 Å². The number of ether oxygens (including phenoxy) is 1. The lowest BCUT2D eigenvalue weighted by atomic mass is 9.47. The normalized spacial score (nSPS) is 38.1. The van der Waals surface area contributed by atoms with Crippen LogP contribution in [0.3, 0.4) is 0 Å². The number of allylic oxidation sites excluding steroid dienone is 1. The zero-order valence-corrected chi connectivity index (χ0v) is 20.9. The maximum absolute atomic E-state index is 12.4. The molecule has 0 aromatic carbocycles. The van der Waals surface area contributed by atoms with Gasteiger partial charge < -0.3 is 9.15 Å². The van der Waals surface area contributed by atoms with E-state index in [1.54, 1.807) is 6.07 Å². The highest BCUT2D eigenvalue weighted by atomic mass is 35.6. The lowest BCUT2D eigenvalue weighted by Crippen LogP contribution is -2.51. The van der Waals surface area contributed by atoms with E-state index in [0.717, 1.165) is 56.3 Å². The van der Waals surface area contributed by atoms with Gasteiger partial charge in [-0.1, -0.05) is 54.2 Å². The van der Waals surface area contributed by atoms with Crippen molar-refractivity contribution in [1.29, 1.82) is 0 Å². The number of Topliss-reactive ketones (excluding diaryl/α,β-unsaturated/α-hetero) is 1. The standard InChI is InChI=1S/C25H29Cl3O4/c1-13(29)31-21-7-6-17-16-5-4-15-11-19-14(10-20(32-19)22(30)25(26,27)28)12-24(15,3)18(16)8-9-23(17,21)2/h10-11,16-18,21H,4-9,12H2,1-3H3/t16-,17-,18-,21-,23-,24-/m0/s1. The van der Waals surface area contributed by atoms with Crippen LogP contribution in [0.4, 0.5) is 0 Å². The first-order valence-electron chi connectivity index (χ1n) is 11.6. The second kappa shape index (κ2) is 7.52. The summed E-state index contributed by atoms with van der Waals surface area (Å²) in [5.74, 6) is 1.80. The molecule has 6 atom stereocenters. The van der Waals surface area contributed by atoms with Crippen molar-refractivity contribution in [2.24, 2.45) is 28.6 Å². The molecule has 5 rings (SSSR count). The Morgan fingerprint density at radius 2 is 1.88 bits per heavy atom. The Bertz CT molecular complexity index is 1010. The smallest absolute Gasteiger partial charge is 0.302 e. The second-order valence-electron chi connectivity index (χ2n) is 10.7. The van der Waals surface area contributed by atoms with Crippen molar-refractivity contribution in [3.63, 3.8) is 0 Å². The molecule has 4 aliphatic rings. The predicted octanol–water partition coefficient (Wildman–Crippen LogP) is 6.95. The summed E-state index contributed by atoms with van der Waals surface area (Å²) in [4.78, 5) is 24.1. The third-order valence-corrected chi connectivity index (χ3v) is 9.66. The number of furan rings is 1. The number of hydrogen-bond acceptors (Lipinski definition) is 4. The van der Waals surface area contributed by atoms with E-state index in [1.807, 2.05) is 0 Å². The summed E-state index contributed by atoms with van der Waals surface area (Å²) in [6.45, 7) is 6.24. The largest absolute Gasteiger partial charge is 0.462 e. The molecular weight excluding hydrogens is 471 g/mol. The summed E-state index contributed by atoms with van der Waals surface area (Å²) in [6, 6.07) is 1.76. The van der Waals surface area contributed by atoms with E-state index in [1.165, 1.54) is 12.5 Å². The minimum absolute atomic E-state index is 0.0287. The average Bonchev–Trinajstić information content (AvgIpc) is 3.24. The van der Waals surface area contributed by atoms with Crippen LogP contribution >= 0.6 is 34.8 Å². The Morgan fingerprint density at radius 3 is 2.56 bits per heavy atom.